The lowest BCUT2D eigenvalue weighted by Crippen LogP contribution is -2.07. The summed E-state index contributed by atoms with van der Waals surface area (Å²) in [5, 5.41) is 2.72. The molecule has 2 aromatic heterocycles. The number of aromatic nitrogens is 1. The highest BCUT2D eigenvalue weighted by Crippen LogP contribution is 2.33. The molecule has 0 amide bonds. The number of fused-ring (bicyclic) bond motifs is 4. The Morgan fingerprint density at radius 3 is 2.54 bits per heavy atom. The number of hydrogen-bond donors (Lipinski definition) is 0. The van der Waals surface area contributed by atoms with Crippen molar-refractivity contribution in [3.8, 4) is 11.5 Å². The van der Waals surface area contributed by atoms with Crippen LogP contribution in [0.2, 0.25) is 0 Å². The van der Waals surface area contributed by atoms with Crippen molar-refractivity contribution in [2.75, 3.05) is 0 Å². The number of benzene rings is 3. The van der Waals surface area contributed by atoms with Gasteiger partial charge in [0.15, 0.2) is 22.1 Å². The van der Waals surface area contributed by atoms with Gasteiger partial charge in [-0.2, -0.15) is 0 Å². The zero-order chi connectivity index (χ0) is 17.8. The van der Waals surface area contributed by atoms with Crippen molar-refractivity contribution < 1.29 is 8.83 Å². The molecule has 5 rings (SSSR count). The predicted molar refractivity (Wildman–Crippen MR) is 102 cm³/mol. The van der Waals surface area contributed by atoms with E-state index in [9.17, 15) is 4.79 Å². The molecule has 0 atom stereocenters. The van der Waals surface area contributed by atoms with E-state index in [-0.39, 0.29) is 5.43 Å². The molecule has 0 aliphatic heterocycles. The Hall–Kier alpha value is -3.40. The SMILES string of the molecule is Cc1oc2c(ccc3oc(-c4cccc5ccccc45)nc32)c(=O)c1C. The molecule has 0 N–H and O–H groups in total. The van der Waals surface area contributed by atoms with Crippen LogP contribution in [-0.2, 0) is 0 Å². The van der Waals surface area contributed by atoms with E-state index in [1.807, 2.05) is 30.3 Å². The van der Waals surface area contributed by atoms with Crippen LogP contribution in [0.3, 0.4) is 0 Å². The van der Waals surface area contributed by atoms with Crippen LogP contribution < -0.4 is 5.43 Å². The molecule has 3 aromatic carbocycles. The summed E-state index contributed by atoms with van der Waals surface area (Å²) >= 11 is 0. The van der Waals surface area contributed by atoms with Crippen LogP contribution in [-0.4, -0.2) is 4.98 Å². The van der Waals surface area contributed by atoms with Crippen LogP contribution in [0.15, 0.2) is 68.2 Å². The van der Waals surface area contributed by atoms with Crippen molar-refractivity contribution in [1.29, 1.82) is 0 Å². The van der Waals surface area contributed by atoms with Crippen LogP contribution in [0.5, 0.6) is 0 Å². The van der Waals surface area contributed by atoms with Gasteiger partial charge < -0.3 is 8.83 Å². The molecule has 4 heteroatoms. The summed E-state index contributed by atoms with van der Waals surface area (Å²) in [6.45, 7) is 3.57. The summed E-state index contributed by atoms with van der Waals surface area (Å²) in [5.74, 6) is 1.12. The van der Waals surface area contributed by atoms with Crippen molar-refractivity contribution in [1.82, 2.24) is 4.98 Å². The summed E-state index contributed by atoms with van der Waals surface area (Å²) in [6.07, 6.45) is 0. The average molecular weight is 341 g/mol. The summed E-state index contributed by atoms with van der Waals surface area (Å²) in [7, 11) is 0. The van der Waals surface area contributed by atoms with Crippen LogP contribution in [0.1, 0.15) is 11.3 Å². The second-order valence-corrected chi connectivity index (χ2v) is 6.45. The van der Waals surface area contributed by atoms with Gasteiger partial charge in [-0.3, -0.25) is 4.79 Å². The molecule has 5 aromatic rings. The summed E-state index contributed by atoms with van der Waals surface area (Å²) < 4.78 is 11.9. The lowest BCUT2D eigenvalue weighted by Gasteiger charge is -2.02. The van der Waals surface area contributed by atoms with Crippen LogP contribution in [0.4, 0.5) is 0 Å². The molecule has 0 aliphatic rings. The highest BCUT2D eigenvalue weighted by atomic mass is 16.4. The first-order valence-corrected chi connectivity index (χ1v) is 8.45. The Balaban J connectivity index is 1.86. The fourth-order valence-electron chi connectivity index (χ4n) is 3.37. The van der Waals surface area contributed by atoms with Crippen molar-refractivity contribution >= 4 is 32.8 Å². The summed E-state index contributed by atoms with van der Waals surface area (Å²) in [6, 6.07) is 17.7. The molecular formula is C22H15NO3. The zero-order valence-electron chi connectivity index (χ0n) is 14.4. The first kappa shape index (κ1) is 14.9. The molecule has 4 nitrogen and oxygen atoms in total. The monoisotopic (exact) mass is 341 g/mol. The molecule has 0 radical (unpaired) electrons. The van der Waals surface area contributed by atoms with E-state index >= 15 is 0 Å². The zero-order valence-corrected chi connectivity index (χ0v) is 14.4. The number of nitrogens with zero attached hydrogens (tertiary/aromatic N) is 1. The van der Waals surface area contributed by atoms with E-state index in [4.69, 9.17) is 8.83 Å². The highest BCUT2D eigenvalue weighted by molar-refractivity contribution is 6.02. The average Bonchev–Trinajstić information content (AvgIpc) is 3.10. The quantitative estimate of drug-likeness (QED) is 0.411. The lowest BCUT2D eigenvalue weighted by molar-refractivity contribution is 0.561. The molecule has 0 unspecified atom stereocenters. The number of rotatable bonds is 1. The van der Waals surface area contributed by atoms with Crippen molar-refractivity contribution in [2.45, 2.75) is 13.8 Å². The lowest BCUT2D eigenvalue weighted by atomic mass is 10.0. The molecule has 126 valence electrons. The van der Waals surface area contributed by atoms with Crippen molar-refractivity contribution in [2.24, 2.45) is 0 Å². The molecule has 0 saturated carbocycles. The summed E-state index contributed by atoms with van der Waals surface area (Å²) in [5.41, 5.74) is 3.16. The second-order valence-electron chi connectivity index (χ2n) is 6.45. The minimum absolute atomic E-state index is 0.0274. The van der Waals surface area contributed by atoms with Crippen LogP contribution >= 0.6 is 0 Å². The third-order valence-electron chi connectivity index (χ3n) is 4.90. The van der Waals surface area contributed by atoms with Crippen LogP contribution in [0, 0.1) is 13.8 Å². The Labute approximate surface area is 148 Å². The van der Waals surface area contributed by atoms with Gasteiger partial charge in [0.05, 0.1) is 5.39 Å². The van der Waals surface area contributed by atoms with E-state index in [0.29, 0.717) is 39.3 Å². The maximum atomic E-state index is 12.5. The smallest absolute Gasteiger partial charge is 0.228 e. The third-order valence-corrected chi connectivity index (χ3v) is 4.90. The van der Waals surface area contributed by atoms with E-state index in [2.05, 4.69) is 17.1 Å². The van der Waals surface area contributed by atoms with E-state index < -0.39 is 0 Å². The number of aryl methyl sites for hydroxylation is 1. The Morgan fingerprint density at radius 2 is 1.65 bits per heavy atom. The molecule has 26 heavy (non-hydrogen) atoms. The fraction of sp³-hybridized carbons (Fsp3) is 0.0909. The van der Waals surface area contributed by atoms with Gasteiger partial charge in [-0.25, -0.2) is 4.98 Å². The van der Waals surface area contributed by atoms with Crippen LogP contribution in [0.25, 0.3) is 44.3 Å². The van der Waals surface area contributed by atoms with Gasteiger partial charge in [0.25, 0.3) is 0 Å². The maximum absolute atomic E-state index is 12.5. The minimum atomic E-state index is -0.0274. The normalized spacial score (nSPS) is 11.6. The number of hydrogen-bond acceptors (Lipinski definition) is 4. The first-order chi connectivity index (χ1) is 12.6. The minimum Gasteiger partial charge on any atom is -0.458 e. The van der Waals surface area contributed by atoms with Gasteiger partial charge in [-0.05, 0) is 42.8 Å². The van der Waals surface area contributed by atoms with Gasteiger partial charge in [0.1, 0.15) is 5.76 Å². The van der Waals surface area contributed by atoms with Gasteiger partial charge in [-0.15, -0.1) is 0 Å². The second kappa shape index (κ2) is 5.30. The third kappa shape index (κ3) is 2.02. The van der Waals surface area contributed by atoms with Gasteiger partial charge in [0.2, 0.25) is 5.89 Å². The fourth-order valence-corrected chi connectivity index (χ4v) is 3.37. The molecule has 0 spiro atoms. The topological polar surface area (TPSA) is 56.2 Å². The van der Waals surface area contributed by atoms with Gasteiger partial charge in [0, 0.05) is 11.1 Å². The summed E-state index contributed by atoms with van der Waals surface area (Å²) in [4.78, 5) is 17.2. The number of oxazole rings is 1. The largest absolute Gasteiger partial charge is 0.458 e. The van der Waals surface area contributed by atoms with Gasteiger partial charge in [-0.1, -0.05) is 36.4 Å². The van der Waals surface area contributed by atoms with E-state index in [1.54, 1.807) is 26.0 Å². The standard InChI is InChI=1S/C22H15NO3/c1-12-13(2)25-21-17(20(12)24)10-11-18-19(21)23-22(26-18)16-9-5-7-14-6-3-4-8-15(14)16/h3-11H,1-2H3. The Morgan fingerprint density at radius 1 is 0.846 bits per heavy atom. The molecule has 2 heterocycles. The first-order valence-electron chi connectivity index (χ1n) is 8.45. The molecule has 0 saturated heterocycles. The molecule has 0 aliphatic carbocycles. The molecular weight excluding hydrogens is 326 g/mol. The maximum Gasteiger partial charge on any atom is 0.228 e. The van der Waals surface area contributed by atoms with E-state index in [1.165, 1.54) is 0 Å². The molecule has 0 bridgehead atoms. The van der Waals surface area contributed by atoms with Gasteiger partial charge >= 0.3 is 0 Å². The Bertz CT molecular complexity index is 1370. The predicted octanol–water partition coefficient (Wildman–Crippen LogP) is 5.37. The van der Waals surface area contributed by atoms with Crippen molar-refractivity contribution in [3.63, 3.8) is 0 Å². The Kier molecular flexibility index (Phi) is 3.04. The highest BCUT2D eigenvalue weighted by Gasteiger charge is 2.17. The van der Waals surface area contributed by atoms with Crippen molar-refractivity contribution in [3.05, 3.63) is 76.1 Å². The molecule has 0 fully saturated rings. The van der Waals surface area contributed by atoms with E-state index in [0.717, 1.165) is 16.3 Å².